The Morgan fingerprint density at radius 3 is 1.59 bits per heavy atom. The van der Waals surface area contributed by atoms with E-state index in [1.165, 1.54) is 22.3 Å². The minimum Gasteiger partial charge on any atom is -0.457 e. The molecule has 0 radical (unpaired) electrons. The second kappa shape index (κ2) is 13.1. The van der Waals surface area contributed by atoms with Gasteiger partial charge in [0.1, 0.15) is 17.1 Å². The summed E-state index contributed by atoms with van der Waals surface area (Å²) >= 11 is 0. The lowest BCUT2D eigenvalue weighted by Crippen LogP contribution is -2.32. The van der Waals surface area contributed by atoms with Crippen molar-refractivity contribution in [1.82, 2.24) is 0 Å². The summed E-state index contributed by atoms with van der Waals surface area (Å²) in [6, 6.07) is 77.7. The molecule has 1 aliphatic heterocycles. The number of hydrogen-bond donors (Lipinski definition) is 0. The largest absolute Gasteiger partial charge is 0.457 e. The van der Waals surface area contributed by atoms with Gasteiger partial charge in [-0.2, -0.15) is 0 Å². The summed E-state index contributed by atoms with van der Waals surface area (Å²) in [6.07, 6.45) is 0. The van der Waals surface area contributed by atoms with Crippen LogP contribution in [-0.2, 0) is 5.41 Å². The fourth-order valence-corrected chi connectivity index (χ4v) is 9.69. The normalized spacial score (nSPS) is 13.0. The van der Waals surface area contributed by atoms with E-state index in [4.69, 9.17) is 9.15 Å². The molecule has 0 N–H and O–H groups in total. The van der Waals surface area contributed by atoms with Crippen molar-refractivity contribution in [3.05, 3.63) is 241 Å². The van der Waals surface area contributed by atoms with Gasteiger partial charge in [-0.05, 0) is 101 Å². The maximum atomic E-state index is 6.86. The first-order chi connectivity index (χ1) is 29.3. The molecule has 1 aliphatic carbocycles. The molecule has 4 heteroatoms. The summed E-state index contributed by atoms with van der Waals surface area (Å²) in [5.41, 5.74) is 14.4. The minimum atomic E-state index is -0.607. The lowest BCUT2D eigenvalue weighted by atomic mass is 9.66. The smallest absolute Gasteiger partial charge is 0.159 e. The molecule has 0 unspecified atom stereocenters. The molecule has 1 spiro atoms. The van der Waals surface area contributed by atoms with Crippen LogP contribution in [0.25, 0.3) is 33.1 Å². The number of para-hydroxylation sites is 5. The van der Waals surface area contributed by atoms with Crippen LogP contribution in [0.4, 0.5) is 34.1 Å². The fourth-order valence-electron chi connectivity index (χ4n) is 9.69. The number of rotatable bonds is 6. The van der Waals surface area contributed by atoms with Gasteiger partial charge in [-0.25, -0.2) is 0 Å². The van der Waals surface area contributed by atoms with E-state index in [0.717, 1.165) is 78.7 Å². The molecular weight excluding hydrogens is 721 g/mol. The van der Waals surface area contributed by atoms with Gasteiger partial charge in [-0.1, -0.05) is 140 Å². The van der Waals surface area contributed by atoms with Crippen molar-refractivity contribution in [2.45, 2.75) is 5.41 Å². The molecule has 12 rings (SSSR count). The molecule has 0 fully saturated rings. The minimum absolute atomic E-state index is 0.607. The van der Waals surface area contributed by atoms with Crippen molar-refractivity contribution < 1.29 is 9.15 Å². The van der Waals surface area contributed by atoms with Crippen molar-refractivity contribution in [1.29, 1.82) is 0 Å². The number of ether oxygens (including phenoxy) is 1. The molecule has 0 amide bonds. The molecule has 4 nitrogen and oxygen atoms in total. The van der Waals surface area contributed by atoms with Crippen molar-refractivity contribution >= 4 is 56.1 Å². The van der Waals surface area contributed by atoms with Crippen LogP contribution in [-0.4, -0.2) is 0 Å². The molecular formula is C55H36N2O2. The number of nitrogens with zero attached hydrogens (tertiary/aromatic N) is 2. The molecule has 0 bridgehead atoms. The van der Waals surface area contributed by atoms with E-state index < -0.39 is 5.41 Å². The van der Waals surface area contributed by atoms with E-state index in [1.807, 2.05) is 12.1 Å². The van der Waals surface area contributed by atoms with Crippen LogP contribution in [0, 0.1) is 0 Å². The van der Waals surface area contributed by atoms with Gasteiger partial charge in [0.2, 0.25) is 0 Å². The standard InChI is InChI=1S/C55H36N2O2/c1-3-17-37(18-4-1)56(38-19-5-2-6-20-38)39-21-15-22-40(35-39)57(50-30-16-26-45-44-25-9-13-31-51(44)59-54(45)50)41-33-34-53-49(36-41)55(48-29-12-14-32-52(48)58-53)46-27-10-7-23-42(46)43-24-8-11-28-47(43)55/h1-36H. The van der Waals surface area contributed by atoms with Crippen LogP contribution in [0.1, 0.15) is 22.3 Å². The highest BCUT2D eigenvalue weighted by Gasteiger charge is 2.51. The SMILES string of the molecule is c1ccc(N(c2ccccc2)c2cccc(N(c3ccc4c(c3)C3(c5ccccc5O4)c4ccccc4-c4ccccc43)c3cccc4c3oc3ccccc34)c2)cc1. The summed E-state index contributed by atoms with van der Waals surface area (Å²) in [5.74, 6) is 1.71. The highest BCUT2D eigenvalue weighted by Crippen LogP contribution is 2.62. The Kier molecular flexibility index (Phi) is 7.41. The molecule has 1 aromatic heterocycles. The Balaban J connectivity index is 1.13. The predicted octanol–water partition coefficient (Wildman–Crippen LogP) is 15.0. The summed E-state index contributed by atoms with van der Waals surface area (Å²) in [4.78, 5) is 4.66. The van der Waals surface area contributed by atoms with Gasteiger partial charge >= 0.3 is 0 Å². The number of hydrogen-bond acceptors (Lipinski definition) is 4. The van der Waals surface area contributed by atoms with Gasteiger partial charge in [0, 0.05) is 50.3 Å². The number of furan rings is 1. The molecule has 9 aromatic carbocycles. The zero-order valence-corrected chi connectivity index (χ0v) is 32.0. The maximum Gasteiger partial charge on any atom is 0.159 e. The van der Waals surface area contributed by atoms with E-state index in [1.54, 1.807) is 0 Å². The number of fused-ring (bicyclic) bond motifs is 12. The first-order valence-electron chi connectivity index (χ1n) is 20.1. The van der Waals surface area contributed by atoms with Gasteiger partial charge in [0.25, 0.3) is 0 Å². The summed E-state index contributed by atoms with van der Waals surface area (Å²) in [6.45, 7) is 0. The third-order valence-corrected chi connectivity index (χ3v) is 12.1. The average Bonchev–Trinajstić information content (AvgIpc) is 3.83. The Morgan fingerprint density at radius 1 is 0.339 bits per heavy atom. The third-order valence-electron chi connectivity index (χ3n) is 12.1. The van der Waals surface area contributed by atoms with Gasteiger partial charge < -0.3 is 19.0 Å². The quantitative estimate of drug-likeness (QED) is 0.169. The summed E-state index contributed by atoms with van der Waals surface area (Å²) in [5, 5.41) is 2.16. The fraction of sp³-hybridized carbons (Fsp3) is 0.0182. The maximum absolute atomic E-state index is 6.86. The van der Waals surface area contributed by atoms with Crippen LogP contribution >= 0.6 is 0 Å². The Hall–Kier alpha value is -7.82. The van der Waals surface area contributed by atoms with Crippen LogP contribution < -0.4 is 14.5 Å². The Labute approximate surface area is 342 Å². The molecule has 2 heterocycles. The van der Waals surface area contributed by atoms with Crippen molar-refractivity contribution in [3.63, 3.8) is 0 Å². The topological polar surface area (TPSA) is 28.9 Å². The first-order valence-corrected chi connectivity index (χ1v) is 20.1. The number of anilines is 6. The Bertz CT molecular complexity index is 3140. The second-order valence-electron chi connectivity index (χ2n) is 15.2. The average molecular weight is 757 g/mol. The lowest BCUT2D eigenvalue weighted by Gasteiger charge is -2.40. The second-order valence-corrected chi connectivity index (χ2v) is 15.2. The van der Waals surface area contributed by atoms with E-state index in [9.17, 15) is 0 Å². The van der Waals surface area contributed by atoms with E-state index in [-0.39, 0.29) is 0 Å². The van der Waals surface area contributed by atoms with Crippen molar-refractivity contribution in [2.24, 2.45) is 0 Å². The van der Waals surface area contributed by atoms with Crippen LogP contribution in [0.2, 0.25) is 0 Å². The first kappa shape index (κ1) is 33.3. The molecule has 2 aliphatic rings. The Morgan fingerprint density at radius 2 is 0.864 bits per heavy atom. The van der Waals surface area contributed by atoms with Gasteiger partial charge in [-0.3, -0.25) is 0 Å². The van der Waals surface area contributed by atoms with Crippen molar-refractivity contribution in [2.75, 3.05) is 9.80 Å². The van der Waals surface area contributed by atoms with Gasteiger partial charge in [0.05, 0.1) is 11.1 Å². The zero-order valence-electron chi connectivity index (χ0n) is 32.0. The molecule has 59 heavy (non-hydrogen) atoms. The van der Waals surface area contributed by atoms with Crippen molar-refractivity contribution in [3.8, 4) is 22.6 Å². The molecule has 0 saturated carbocycles. The molecule has 278 valence electrons. The third kappa shape index (κ3) is 4.96. The van der Waals surface area contributed by atoms with Crippen LogP contribution in [0.15, 0.2) is 223 Å². The van der Waals surface area contributed by atoms with E-state index >= 15 is 0 Å². The zero-order chi connectivity index (χ0) is 38.9. The summed E-state index contributed by atoms with van der Waals surface area (Å²) in [7, 11) is 0. The highest BCUT2D eigenvalue weighted by atomic mass is 16.5. The van der Waals surface area contributed by atoms with E-state index in [2.05, 4.69) is 216 Å². The highest BCUT2D eigenvalue weighted by molar-refractivity contribution is 6.10. The monoisotopic (exact) mass is 756 g/mol. The molecule has 0 atom stereocenters. The number of benzene rings is 9. The predicted molar refractivity (Wildman–Crippen MR) is 240 cm³/mol. The van der Waals surface area contributed by atoms with Crippen LogP contribution in [0.5, 0.6) is 11.5 Å². The molecule has 10 aromatic rings. The van der Waals surface area contributed by atoms with Gasteiger partial charge in [-0.15, -0.1) is 0 Å². The van der Waals surface area contributed by atoms with Gasteiger partial charge in [0.15, 0.2) is 5.58 Å². The molecule has 0 saturated heterocycles. The lowest BCUT2D eigenvalue weighted by molar-refractivity contribution is 0.436. The summed E-state index contributed by atoms with van der Waals surface area (Å²) < 4.78 is 13.6. The van der Waals surface area contributed by atoms with E-state index in [0.29, 0.717) is 0 Å². The van der Waals surface area contributed by atoms with Crippen LogP contribution in [0.3, 0.4) is 0 Å².